The molecule has 0 saturated heterocycles. The average molecular weight is 317 g/mol. The smallest absolute Gasteiger partial charge is 0.253 e. The molecule has 0 bridgehead atoms. The second-order valence-electron chi connectivity index (χ2n) is 5.56. The number of nitrogens with two attached hydrogens (primary N) is 1. The zero-order chi connectivity index (χ0) is 15.3. The van der Waals surface area contributed by atoms with Crippen LogP contribution in [0.2, 0.25) is 10.0 Å². The largest absolute Gasteiger partial charge is 0.399 e. The Morgan fingerprint density at radius 3 is 2.50 bits per heavy atom. The Labute approximate surface area is 130 Å². The Bertz CT molecular complexity index is 475. The molecule has 5 heteroatoms. The van der Waals surface area contributed by atoms with Crippen molar-refractivity contribution in [1.29, 1.82) is 0 Å². The summed E-state index contributed by atoms with van der Waals surface area (Å²) in [4.78, 5) is 12.2. The highest BCUT2D eigenvalue weighted by atomic mass is 35.5. The number of nitrogens with one attached hydrogen (secondary N) is 1. The molecule has 0 heterocycles. The van der Waals surface area contributed by atoms with Crippen LogP contribution in [-0.4, -0.2) is 11.9 Å². The van der Waals surface area contributed by atoms with Gasteiger partial charge in [-0.3, -0.25) is 4.79 Å². The summed E-state index contributed by atoms with van der Waals surface area (Å²) in [6.45, 7) is 6.37. The van der Waals surface area contributed by atoms with Crippen LogP contribution in [0, 0.1) is 5.92 Å². The molecule has 1 rings (SSSR count). The van der Waals surface area contributed by atoms with E-state index in [9.17, 15) is 4.79 Å². The minimum atomic E-state index is -0.235. The van der Waals surface area contributed by atoms with Crippen molar-refractivity contribution in [3.8, 4) is 0 Å². The molecule has 1 atom stereocenters. The minimum absolute atomic E-state index is 0.0949. The van der Waals surface area contributed by atoms with Crippen molar-refractivity contribution >= 4 is 34.8 Å². The number of halogens is 2. The third-order valence-electron chi connectivity index (χ3n) is 3.09. The first-order valence-electron chi connectivity index (χ1n) is 6.86. The molecule has 0 aliphatic rings. The molecule has 112 valence electrons. The summed E-state index contributed by atoms with van der Waals surface area (Å²) < 4.78 is 0. The Hall–Kier alpha value is -0.930. The highest BCUT2D eigenvalue weighted by Gasteiger charge is 2.16. The van der Waals surface area contributed by atoms with Gasteiger partial charge in [-0.05, 0) is 31.4 Å². The van der Waals surface area contributed by atoms with Crippen molar-refractivity contribution in [3.63, 3.8) is 0 Å². The lowest BCUT2D eigenvalue weighted by molar-refractivity contribution is 0.0938. The van der Waals surface area contributed by atoms with Crippen LogP contribution in [0.5, 0.6) is 0 Å². The van der Waals surface area contributed by atoms with Crippen LogP contribution < -0.4 is 11.1 Å². The molecule has 3 nitrogen and oxygen atoms in total. The standard InChI is InChI=1S/C15H22Cl2N2O/c1-9(2)5-4-6-10(3)19-15(20)12-7-11(18)8-13(16)14(12)17/h7-10H,4-6,18H2,1-3H3,(H,19,20). The lowest BCUT2D eigenvalue weighted by Gasteiger charge is -2.15. The van der Waals surface area contributed by atoms with Gasteiger partial charge in [0, 0.05) is 11.7 Å². The van der Waals surface area contributed by atoms with Crippen molar-refractivity contribution in [2.75, 3.05) is 5.73 Å². The van der Waals surface area contributed by atoms with Gasteiger partial charge >= 0.3 is 0 Å². The fourth-order valence-electron chi connectivity index (χ4n) is 1.98. The number of nitrogen functional groups attached to an aromatic ring is 1. The van der Waals surface area contributed by atoms with Gasteiger partial charge in [0.1, 0.15) is 0 Å². The van der Waals surface area contributed by atoms with Crippen LogP contribution >= 0.6 is 23.2 Å². The van der Waals surface area contributed by atoms with Gasteiger partial charge in [0.05, 0.1) is 15.6 Å². The van der Waals surface area contributed by atoms with E-state index in [0.717, 1.165) is 19.3 Å². The van der Waals surface area contributed by atoms with Gasteiger partial charge < -0.3 is 11.1 Å². The molecule has 0 fully saturated rings. The number of anilines is 1. The number of hydrogen-bond donors (Lipinski definition) is 2. The van der Waals surface area contributed by atoms with Gasteiger partial charge in [-0.2, -0.15) is 0 Å². The maximum absolute atomic E-state index is 12.2. The quantitative estimate of drug-likeness (QED) is 0.758. The number of amides is 1. The molecule has 0 saturated carbocycles. The van der Waals surface area contributed by atoms with Gasteiger partial charge in [0.15, 0.2) is 0 Å². The predicted octanol–water partition coefficient (Wildman–Crippen LogP) is 4.52. The van der Waals surface area contributed by atoms with Crippen molar-refractivity contribution in [2.24, 2.45) is 5.92 Å². The third kappa shape index (κ3) is 5.22. The summed E-state index contributed by atoms with van der Waals surface area (Å²) in [5, 5.41) is 3.47. The molecule has 0 spiro atoms. The number of carbonyl (C=O) groups is 1. The first-order valence-corrected chi connectivity index (χ1v) is 7.62. The lowest BCUT2D eigenvalue weighted by atomic mass is 10.0. The van der Waals surface area contributed by atoms with Gasteiger partial charge in [-0.15, -0.1) is 0 Å². The second-order valence-corrected chi connectivity index (χ2v) is 6.35. The molecule has 0 radical (unpaired) electrons. The Morgan fingerprint density at radius 1 is 1.25 bits per heavy atom. The maximum Gasteiger partial charge on any atom is 0.253 e. The molecule has 20 heavy (non-hydrogen) atoms. The normalized spacial score (nSPS) is 12.5. The average Bonchev–Trinajstić information content (AvgIpc) is 2.32. The van der Waals surface area contributed by atoms with Crippen molar-refractivity contribution in [2.45, 2.75) is 46.1 Å². The van der Waals surface area contributed by atoms with Gasteiger partial charge in [-0.1, -0.05) is 49.9 Å². The van der Waals surface area contributed by atoms with E-state index in [1.807, 2.05) is 6.92 Å². The molecule has 0 aliphatic carbocycles. The number of benzene rings is 1. The highest BCUT2D eigenvalue weighted by molar-refractivity contribution is 6.44. The van der Waals surface area contributed by atoms with E-state index in [-0.39, 0.29) is 17.0 Å². The Balaban J connectivity index is 2.63. The Kier molecular flexibility index (Phi) is 6.63. The molecular weight excluding hydrogens is 295 g/mol. The third-order valence-corrected chi connectivity index (χ3v) is 3.89. The van der Waals surface area contributed by atoms with E-state index in [1.54, 1.807) is 6.07 Å². The van der Waals surface area contributed by atoms with Crippen LogP contribution in [0.1, 0.15) is 50.4 Å². The fourth-order valence-corrected chi connectivity index (χ4v) is 2.40. The van der Waals surface area contributed by atoms with E-state index < -0.39 is 0 Å². The van der Waals surface area contributed by atoms with Crippen molar-refractivity contribution in [1.82, 2.24) is 5.32 Å². The first kappa shape index (κ1) is 17.1. The molecule has 1 aromatic carbocycles. The van der Waals surface area contributed by atoms with Gasteiger partial charge in [0.25, 0.3) is 5.91 Å². The van der Waals surface area contributed by atoms with E-state index in [0.29, 0.717) is 22.2 Å². The Morgan fingerprint density at radius 2 is 1.90 bits per heavy atom. The van der Waals surface area contributed by atoms with Crippen LogP contribution in [0.25, 0.3) is 0 Å². The first-order chi connectivity index (χ1) is 9.31. The zero-order valence-corrected chi connectivity index (χ0v) is 13.7. The van der Waals surface area contributed by atoms with E-state index in [4.69, 9.17) is 28.9 Å². The molecular formula is C15H22Cl2N2O. The summed E-state index contributed by atoms with van der Waals surface area (Å²) in [5.41, 5.74) is 6.44. The van der Waals surface area contributed by atoms with E-state index in [1.165, 1.54) is 6.07 Å². The molecule has 1 aromatic rings. The number of rotatable bonds is 6. The van der Waals surface area contributed by atoms with E-state index in [2.05, 4.69) is 19.2 Å². The number of hydrogen-bond acceptors (Lipinski definition) is 2. The number of carbonyl (C=O) groups excluding carboxylic acids is 1. The minimum Gasteiger partial charge on any atom is -0.399 e. The maximum atomic E-state index is 12.2. The van der Waals surface area contributed by atoms with Crippen molar-refractivity contribution in [3.05, 3.63) is 27.7 Å². The van der Waals surface area contributed by atoms with Crippen molar-refractivity contribution < 1.29 is 4.79 Å². The summed E-state index contributed by atoms with van der Waals surface area (Å²) in [6, 6.07) is 3.18. The molecule has 0 aromatic heterocycles. The van der Waals surface area contributed by atoms with Crippen LogP contribution in [0.3, 0.4) is 0 Å². The molecule has 0 aliphatic heterocycles. The predicted molar refractivity (Wildman–Crippen MR) is 86.5 cm³/mol. The summed E-state index contributed by atoms with van der Waals surface area (Å²) in [5.74, 6) is 0.446. The molecule has 1 unspecified atom stereocenters. The van der Waals surface area contributed by atoms with Crippen LogP contribution in [0.15, 0.2) is 12.1 Å². The monoisotopic (exact) mass is 316 g/mol. The summed E-state index contributed by atoms with van der Waals surface area (Å²) >= 11 is 12.0. The lowest BCUT2D eigenvalue weighted by Crippen LogP contribution is -2.32. The summed E-state index contributed by atoms with van der Waals surface area (Å²) in [6.07, 6.45) is 3.19. The van der Waals surface area contributed by atoms with Crippen LogP contribution in [-0.2, 0) is 0 Å². The van der Waals surface area contributed by atoms with Gasteiger partial charge in [-0.25, -0.2) is 0 Å². The van der Waals surface area contributed by atoms with E-state index >= 15 is 0 Å². The second kappa shape index (κ2) is 7.75. The molecule has 1 amide bonds. The topological polar surface area (TPSA) is 55.1 Å². The fraction of sp³-hybridized carbons (Fsp3) is 0.533. The molecule has 3 N–H and O–H groups in total. The van der Waals surface area contributed by atoms with Crippen LogP contribution in [0.4, 0.5) is 5.69 Å². The zero-order valence-electron chi connectivity index (χ0n) is 12.2. The van der Waals surface area contributed by atoms with Gasteiger partial charge in [0.2, 0.25) is 0 Å². The SMILES string of the molecule is CC(C)CCCC(C)NC(=O)c1cc(N)cc(Cl)c1Cl. The summed E-state index contributed by atoms with van der Waals surface area (Å²) in [7, 11) is 0. The highest BCUT2D eigenvalue weighted by Crippen LogP contribution is 2.28.